The average molecular weight is 1550 g/mol. The van der Waals surface area contributed by atoms with Crippen molar-refractivity contribution in [2.24, 2.45) is 5.73 Å². The molecular formula is C84H94Cl4N14O7. The monoisotopic (exact) mass is 1550 g/mol. The van der Waals surface area contributed by atoms with Crippen LogP contribution in [0.25, 0.3) is 0 Å². The number of nitrogens with two attached hydrogens (primary N) is 1. The van der Waals surface area contributed by atoms with Crippen molar-refractivity contribution in [1.29, 1.82) is 5.26 Å². The highest BCUT2D eigenvalue weighted by atomic mass is 35.5. The molecule has 570 valence electrons. The molecule has 4 saturated heterocycles. The molecule has 9 amide bonds. The lowest BCUT2D eigenvalue weighted by molar-refractivity contribution is -0.137. The summed E-state index contributed by atoms with van der Waals surface area (Å²) >= 11 is 23.6. The van der Waals surface area contributed by atoms with Gasteiger partial charge in [0.15, 0.2) is 5.82 Å². The molecule has 8 aromatic carbocycles. The van der Waals surface area contributed by atoms with Gasteiger partial charge in [0.05, 0.1) is 6.07 Å². The Morgan fingerprint density at radius 2 is 0.716 bits per heavy atom. The van der Waals surface area contributed by atoms with Gasteiger partial charge in [0.1, 0.15) is 0 Å². The summed E-state index contributed by atoms with van der Waals surface area (Å²) in [5, 5.41) is 46.9. The number of aromatic amines is 1. The third-order valence-electron chi connectivity index (χ3n) is 21.0. The predicted molar refractivity (Wildman–Crippen MR) is 432 cm³/mol. The number of nitrogens with zero attached hydrogens (tertiary/aromatic N) is 8. The Labute approximate surface area is 658 Å². The number of benzene rings is 8. The molecule has 0 bridgehead atoms. The number of carboxylic acids is 1. The number of carboxylic acid groups (broad SMARTS) is 1. The first-order chi connectivity index (χ1) is 52.7. The van der Waals surface area contributed by atoms with E-state index in [0.717, 1.165) is 99.8 Å². The topological polar surface area (TPSA) is 288 Å². The van der Waals surface area contributed by atoms with Crippen LogP contribution in [0.2, 0.25) is 20.1 Å². The van der Waals surface area contributed by atoms with Crippen LogP contribution in [-0.4, -0.2) is 134 Å². The minimum absolute atomic E-state index is 0. The molecular weight excluding hydrogens is 1460 g/mol. The number of tetrazole rings is 1. The highest BCUT2D eigenvalue weighted by Crippen LogP contribution is 2.43. The number of nitriles is 1. The van der Waals surface area contributed by atoms with Crippen LogP contribution in [0.15, 0.2) is 218 Å². The van der Waals surface area contributed by atoms with Gasteiger partial charge in [0.25, 0.3) is 0 Å². The third-order valence-corrected chi connectivity index (χ3v) is 22.0. The summed E-state index contributed by atoms with van der Waals surface area (Å²) in [6, 6.07) is 70.8. The number of carbonyl (C=O) groups is 6. The van der Waals surface area contributed by atoms with Gasteiger partial charge in [-0.25, -0.2) is 19.2 Å². The zero-order chi connectivity index (χ0) is 77.1. The molecule has 4 fully saturated rings. The Morgan fingerprint density at radius 3 is 0.982 bits per heavy atom. The van der Waals surface area contributed by atoms with Gasteiger partial charge >= 0.3 is 30.1 Å². The number of rotatable bonds is 19. The second kappa shape index (κ2) is 39.6. The predicted octanol–water partition coefficient (Wildman–Crippen LogP) is 18.4. The molecule has 0 radical (unpaired) electrons. The van der Waals surface area contributed by atoms with Gasteiger partial charge in [-0.3, -0.25) is 9.59 Å². The van der Waals surface area contributed by atoms with Gasteiger partial charge in [-0.1, -0.05) is 173 Å². The molecule has 0 aliphatic carbocycles. The van der Waals surface area contributed by atoms with Crippen LogP contribution in [0.5, 0.6) is 0 Å². The zero-order valence-electron chi connectivity index (χ0n) is 60.8. The van der Waals surface area contributed by atoms with Crippen molar-refractivity contribution in [3.05, 3.63) is 267 Å². The second-order valence-electron chi connectivity index (χ2n) is 28.3. The Kier molecular flexibility index (Phi) is 29.4. The van der Waals surface area contributed by atoms with Gasteiger partial charge in [-0.15, -0.1) is 10.2 Å². The molecule has 5 heterocycles. The summed E-state index contributed by atoms with van der Waals surface area (Å²) in [6.45, 7) is 5.13. The fourth-order valence-corrected chi connectivity index (χ4v) is 15.8. The van der Waals surface area contributed by atoms with Crippen LogP contribution >= 0.6 is 46.4 Å². The Bertz CT molecular complexity index is 4320. The quantitative estimate of drug-likeness (QED) is 0.0399. The largest absolute Gasteiger partial charge is 0.481 e. The SMILES string of the molecule is N#CCCC1(c2ccccc2)CCCN(C(=O)Nc2ccc(Cl)cc2)C1.NC(=O)CCC1(c2ccccc2)CCCN(C(=O)Nc2ccc(Cl)cc2)C1.O=C(Nc1ccc(Cl)cc1)N1CCCC(CCc2nn[nH]n2)(c2ccccc2)C1.O=C(O)CCC1(c2ccccc2)CCCN(C(=O)Nc2ccc(Cl)cc2)C1.[HH]. The fraction of sp³-hybridized carbons (Fsp3) is 0.333. The van der Waals surface area contributed by atoms with Gasteiger partial charge in [-0.05, 0) is 196 Å². The molecule has 1 aromatic heterocycles. The maximum absolute atomic E-state index is 12.9. The Morgan fingerprint density at radius 1 is 0.431 bits per heavy atom. The highest BCUT2D eigenvalue weighted by Gasteiger charge is 2.43. The fourth-order valence-electron chi connectivity index (χ4n) is 15.3. The summed E-state index contributed by atoms with van der Waals surface area (Å²) in [7, 11) is 0. The van der Waals surface area contributed by atoms with Gasteiger partial charge in [0, 0.05) is 144 Å². The first-order valence-corrected chi connectivity index (χ1v) is 38.3. The number of carbonyl (C=O) groups excluding carboxylic acids is 5. The second-order valence-corrected chi connectivity index (χ2v) is 30.0. The van der Waals surface area contributed by atoms with Crippen molar-refractivity contribution in [3.63, 3.8) is 0 Å². The third kappa shape index (κ3) is 23.3. The van der Waals surface area contributed by atoms with Crippen LogP contribution in [0.4, 0.5) is 41.9 Å². The van der Waals surface area contributed by atoms with Crippen molar-refractivity contribution >= 4 is 105 Å². The van der Waals surface area contributed by atoms with Gasteiger partial charge < -0.3 is 51.7 Å². The number of aliphatic carboxylic acids is 1. The van der Waals surface area contributed by atoms with E-state index in [1.165, 1.54) is 11.1 Å². The summed E-state index contributed by atoms with van der Waals surface area (Å²) < 4.78 is 0. The first-order valence-electron chi connectivity index (χ1n) is 36.8. The number of H-pyrrole nitrogens is 1. The first kappa shape index (κ1) is 81.0. The zero-order valence-corrected chi connectivity index (χ0v) is 63.8. The summed E-state index contributed by atoms with van der Waals surface area (Å²) in [5.74, 6) is -0.427. The summed E-state index contributed by atoms with van der Waals surface area (Å²) in [4.78, 5) is 81.3. The smallest absolute Gasteiger partial charge is 0.321 e. The van der Waals surface area contributed by atoms with E-state index in [1.807, 2.05) is 99.6 Å². The highest BCUT2D eigenvalue weighted by molar-refractivity contribution is 6.31. The number of likely N-dealkylation sites (tertiary alicyclic amines) is 4. The van der Waals surface area contributed by atoms with Crippen molar-refractivity contribution in [1.82, 2.24) is 40.2 Å². The molecule has 4 atom stereocenters. The number of anilines is 4. The van der Waals surface area contributed by atoms with E-state index in [0.29, 0.717) is 109 Å². The molecule has 8 N–H and O–H groups in total. The molecule has 4 aliphatic heterocycles. The minimum atomic E-state index is -0.812. The molecule has 13 rings (SSSR count). The average Bonchev–Trinajstić information content (AvgIpc) is 0.855. The number of aryl methyl sites for hydroxylation is 1. The van der Waals surface area contributed by atoms with Crippen molar-refractivity contribution in [2.75, 3.05) is 73.6 Å². The van der Waals surface area contributed by atoms with E-state index in [2.05, 4.69) is 96.5 Å². The van der Waals surface area contributed by atoms with Crippen LogP contribution < -0.4 is 27.0 Å². The van der Waals surface area contributed by atoms with E-state index in [9.17, 15) is 33.9 Å². The lowest BCUT2D eigenvalue weighted by atomic mass is 9.71. The molecule has 0 spiro atoms. The number of halogens is 4. The maximum atomic E-state index is 12.9. The van der Waals surface area contributed by atoms with Crippen molar-refractivity contribution in [3.8, 4) is 6.07 Å². The molecule has 4 aliphatic rings. The molecule has 25 heteroatoms. The number of urea groups is 4. The lowest BCUT2D eigenvalue weighted by Gasteiger charge is -2.43. The van der Waals surface area contributed by atoms with Crippen LogP contribution in [0.3, 0.4) is 0 Å². The van der Waals surface area contributed by atoms with Crippen LogP contribution in [-0.2, 0) is 37.7 Å². The minimum Gasteiger partial charge on any atom is -0.481 e. The summed E-state index contributed by atoms with van der Waals surface area (Å²) in [5.41, 5.74) is 12.1. The summed E-state index contributed by atoms with van der Waals surface area (Å²) in [6.07, 6.45) is 11.7. The van der Waals surface area contributed by atoms with Crippen molar-refractivity contribution in [2.45, 2.75) is 124 Å². The number of piperidine rings is 4. The number of hydrogen-bond donors (Lipinski definition) is 7. The van der Waals surface area contributed by atoms with E-state index in [4.69, 9.17) is 57.4 Å². The molecule has 9 aromatic rings. The van der Waals surface area contributed by atoms with Crippen LogP contribution in [0.1, 0.15) is 126 Å². The molecule has 0 saturated carbocycles. The number of aromatic nitrogens is 4. The number of nitrogens with one attached hydrogen (secondary N) is 5. The van der Waals surface area contributed by atoms with Crippen LogP contribution in [0, 0.1) is 11.3 Å². The number of primary amides is 1. The maximum Gasteiger partial charge on any atom is 0.321 e. The van der Waals surface area contributed by atoms with E-state index < -0.39 is 5.97 Å². The lowest BCUT2D eigenvalue weighted by Crippen LogP contribution is -2.50. The molecule has 21 nitrogen and oxygen atoms in total. The normalized spacial score (nSPS) is 19.4. The number of hydrogen-bond acceptors (Lipinski definition) is 10. The Balaban J connectivity index is 0.000000168. The van der Waals surface area contributed by atoms with E-state index in [-0.39, 0.29) is 59.5 Å². The standard InChI is InChI=1S/C21H23ClN6O.C21H24ClN3O2.C21H22ClN3O.C21H23ClN2O3.H2/c22-17-7-9-18(10-8-17)23-20(29)28-14-4-12-21(15-28,16-5-2-1-3-6-16)13-11-19-24-26-27-25-19;22-17-7-9-18(10-8-17)24-20(27)25-14-4-12-21(15-25,13-11-19(23)26)16-5-2-1-3-6-16;22-18-8-10-19(11-9-18)24-20(26)25-15-5-13-21(16-25,12-4-14-23)17-6-2-1-3-7-17;22-17-7-9-18(10-8-17)23-20(27)24-14-4-12-21(15-24,13-11-19(25)26)16-5-2-1-3-6-16;/h1-3,5-10H,4,11-15H2,(H,23,29)(H,24,25,26,27);1-3,5-10H,4,11-15H2,(H2,23,26)(H,24,27);1-3,6-11H,4-5,12-13,15-16H2,(H,24,26);1-3,5-10H,4,11-15H2,(H,23,27)(H,25,26);1H. The van der Waals surface area contributed by atoms with E-state index >= 15 is 0 Å². The van der Waals surface area contributed by atoms with Gasteiger partial charge in [-0.2, -0.15) is 10.5 Å². The molecule has 109 heavy (non-hydrogen) atoms. The van der Waals surface area contributed by atoms with E-state index in [1.54, 1.807) is 89.8 Å². The van der Waals surface area contributed by atoms with Gasteiger partial charge in [0.2, 0.25) is 5.91 Å². The Hall–Kier alpha value is -10.5. The van der Waals surface area contributed by atoms with Crippen molar-refractivity contribution < 1.29 is 35.3 Å². The number of amides is 9. The molecule has 4 unspecified atom stereocenters.